The van der Waals surface area contributed by atoms with Gasteiger partial charge in [0.25, 0.3) is 6.02 Å². The molecule has 138 valence electrons. The van der Waals surface area contributed by atoms with E-state index >= 15 is 0 Å². The molecule has 0 aliphatic carbocycles. The molecule has 0 atom stereocenters. The fourth-order valence-electron chi connectivity index (χ4n) is 2.29. The summed E-state index contributed by atoms with van der Waals surface area (Å²) in [5.41, 5.74) is 2.09. The zero-order valence-electron chi connectivity index (χ0n) is 16.3. The van der Waals surface area contributed by atoms with Gasteiger partial charge in [0.15, 0.2) is 12.0 Å². The highest BCUT2D eigenvalue weighted by atomic mass is 16.5. The van der Waals surface area contributed by atoms with Gasteiger partial charge in [0.05, 0.1) is 0 Å². The molecule has 1 rings (SSSR count). The third-order valence-corrected chi connectivity index (χ3v) is 3.83. The van der Waals surface area contributed by atoms with Gasteiger partial charge in [-0.3, -0.25) is 4.79 Å². The van der Waals surface area contributed by atoms with Gasteiger partial charge in [0.1, 0.15) is 0 Å². The second kappa shape index (κ2) is 10.5. The summed E-state index contributed by atoms with van der Waals surface area (Å²) < 4.78 is 5.75. The molecule has 0 amide bonds. The molecule has 0 saturated carbocycles. The number of nitrogens with zero attached hydrogens (tertiary/aromatic N) is 3. The second-order valence-electron chi connectivity index (χ2n) is 6.05. The largest absolute Gasteiger partial charge is 0.422 e. The monoisotopic (exact) mass is 345 g/mol. The molecule has 25 heavy (non-hydrogen) atoms. The summed E-state index contributed by atoms with van der Waals surface area (Å²) in [5, 5.41) is 0. The van der Waals surface area contributed by atoms with Crippen molar-refractivity contribution in [2.45, 2.75) is 40.7 Å². The lowest BCUT2D eigenvalue weighted by Gasteiger charge is -2.21. The number of amidine groups is 1. The Balaban J connectivity index is 3.00. The second-order valence-corrected chi connectivity index (χ2v) is 6.05. The number of carbonyl (C=O) groups excluding carboxylic acids is 1. The summed E-state index contributed by atoms with van der Waals surface area (Å²) in [5.74, 6) is 0.246. The predicted octanol–water partition coefficient (Wildman–Crippen LogP) is 3.81. The molecule has 0 aliphatic heterocycles. The molecule has 0 heterocycles. The lowest BCUT2D eigenvalue weighted by atomic mass is 10.1. The van der Waals surface area contributed by atoms with Gasteiger partial charge in [-0.15, -0.1) is 0 Å². The van der Waals surface area contributed by atoms with Gasteiger partial charge < -0.3 is 14.5 Å². The van der Waals surface area contributed by atoms with Crippen molar-refractivity contribution in [2.75, 3.05) is 31.6 Å². The lowest BCUT2D eigenvalue weighted by Crippen LogP contribution is -2.29. The topological polar surface area (TPSA) is 45.1 Å². The Morgan fingerprint density at radius 3 is 2.16 bits per heavy atom. The van der Waals surface area contributed by atoms with Gasteiger partial charge in [-0.2, -0.15) is 0 Å². The Morgan fingerprint density at radius 2 is 1.72 bits per heavy atom. The number of rotatable bonds is 8. The van der Waals surface area contributed by atoms with Gasteiger partial charge >= 0.3 is 0 Å². The van der Waals surface area contributed by atoms with Crippen molar-refractivity contribution in [3.8, 4) is 0 Å². The van der Waals surface area contributed by atoms with Crippen LogP contribution in [-0.2, 0) is 9.53 Å². The fourth-order valence-corrected chi connectivity index (χ4v) is 2.29. The molecule has 0 aromatic heterocycles. The van der Waals surface area contributed by atoms with Crippen LogP contribution in [-0.4, -0.2) is 49.9 Å². The third-order valence-electron chi connectivity index (χ3n) is 3.83. The van der Waals surface area contributed by atoms with Crippen molar-refractivity contribution in [3.05, 3.63) is 35.6 Å². The number of aliphatic imine (C=N–C) groups is 1. The number of benzene rings is 1. The molecule has 0 radical (unpaired) electrons. The fraction of sp³-hybridized carbons (Fsp3) is 0.500. The minimum Gasteiger partial charge on any atom is -0.422 e. The van der Waals surface area contributed by atoms with Crippen LogP contribution in [0.15, 0.2) is 35.0 Å². The first kappa shape index (κ1) is 20.7. The summed E-state index contributed by atoms with van der Waals surface area (Å²) in [4.78, 5) is 20.0. The van der Waals surface area contributed by atoms with Crippen LogP contribution >= 0.6 is 0 Å². The van der Waals surface area contributed by atoms with E-state index in [-0.39, 0.29) is 11.8 Å². The maximum absolute atomic E-state index is 11.4. The maximum Gasteiger partial charge on any atom is 0.292 e. The van der Waals surface area contributed by atoms with Crippen LogP contribution in [0.2, 0.25) is 0 Å². The van der Waals surface area contributed by atoms with Crippen molar-refractivity contribution in [2.24, 2.45) is 4.99 Å². The summed E-state index contributed by atoms with van der Waals surface area (Å²) in [6.45, 7) is 12.9. The number of hydrogen-bond acceptors (Lipinski definition) is 4. The van der Waals surface area contributed by atoms with Crippen LogP contribution in [0, 0.1) is 0 Å². The minimum atomic E-state index is 0.0882. The van der Waals surface area contributed by atoms with Crippen molar-refractivity contribution in [1.82, 2.24) is 4.90 Å². The molecule has 1 aromatic rings. The molecule has 0 spiro atoms. The first-order valence-electron chi connectivity index (χ1n) is 8.93. The zero-order valence-corrected chi connectivity index (χ0v) is 16.3. The van der Waals surface area contributed by atoms with Gasteiger partial charge in [-0.1, -0.05) is 12.1 Å². The molecule has 0 aliphatic rings. The predicted molar refractivity (Wildman–Crippen MR) is 106 cm³/mol. The Bertz CT molecular complexity index is 587. The van der Waals surface area contributed by atoms with Crippen molar-refractivity contribution in [3.63, 3.8) is 0 Å². The number of allylic oxidation sites excluding steroid dienone is 1. The molecule has 0 saturated heterocycles. The Kier molecular flexibility index (Phi) is 8.75. The Labute approximate surface area is 152 Å². The molecular formula is C20H31N3O2. The quantitative estimate of drug-likeness (QED) is 0.236. The van der Waals surface area contributed by atoms with E-state index in [0.29, 0.717) is 6.02 Å². The molecule has 0 bridgehead atoms. The van der Waals surface area contributed by atoms with E-state index in [2.05, 4.69) is 35.9 Å². The highest BCUT2D eigenvalue weighted by molar-refractivity contribution is 5.85. The first-order chi connectivity index (χ1) is 11.9. The molecule has 5 nitrogen and oxygen atoms in total. The SMILES string of the molecule is CCN(C)/C(=N\C(C)C)O/C(C=O)=C/c1ccc(N(CC)CC)cc1. The Hall–Kier alpha value is -2.30. The normalized spacial score (nSPS) is 12.3. The number of aldehydes is 1. The van der Waals surface area contributed by atoms with Crippen molar-refractivity contribution >= 4 is 24.1 Å². The summed E-state index contributed by atoms with van der Waals surface area (Å²) in [6.07, 6.45) is 2.45. The van der Waals surface area contributed by atoms with E-state index < -0.39 is 0 Å². The Morgan fingerprint density at radius 1 is 1.12 bits per heavy atom. The minimum absolute atomic E-state index is 0.0882. The number of carbonyl (C=O) groups is 1. The van der Waals surface area contributed by atoms with E-state index in [1.165, 1.54) is 5.69 Å². The molecule has 1 aromatic carbocycles. The van der Waals surface area contributed by atoms with Crippen LogP contribution < -0.4 is 4.90 Å². The average Bonchev–Trinajstić information content (AvgIpc) is 2.61. The van der Waals surface area contributed by atoms with Crippen LogP contribution in [0.4, 0.5) is 5.69 Å². The van der Waals surface area contributed by atoms with Gasteiger partial charge in [-0.25, -0.2) is 4.99 Å². The molecular weight excluding hydrogens is 314 g/mol. The third kappa shape index (κ3) is 6.61. The van der Waals surface area contributed by atoms with Crippen LogP contribution in [0.3, 0.4) is 0 Å². The number of hydrogen-bond donors (Lipinski definition) is 0. The van der Waals surface area contributed by atoms with E-state index in [1.807, 2.05) is 44.9 Å². The summed E-state index contributed by atoms with van der Waals surface area (Å²) in [6, 6.07) is 8.64. The van der Waals surface area contributed by atoms with Gasteiger partial charge in [-0.05, 0) is 58.4 Å². The van der Waals surface area contributed by atoms with E-state index in [9.17, 15) is 4.79 Å². The number of anilines is 1. The summed E-state index contributed by atoms with van der Waals surface area (Å²) in [7, 11) is 1.89. The lowest BCUT2D eigenvalue weighted by molar-refractivity contribution is -0.106. The zero-order chi connectivity index (χ0) is 18.8. The maximum atomic E-state index is 11.4. The molecule has 0 unspecified atom stereocenters. The van der Waals surface area contributed by atoms with E-state index in [4.69, 9.17) is 4.74 Å². The average molecular weight is 345 g/mol. The standard InChI is InChI=1S/C20H31N3O2/c1-7-22(6)20(21-16(4)5)25-19(15-24)14-17-10-12-18(13-11-17)23(8-2)9-3/h10-16H,7-9H2,1-6H3/b19-14+,21-20+. The smallest absolute Gasteiger partial charge is 0.292 e. The van der Waals surface area contributed by atoms with E-state index in [0.717, 1.165) is 31.5 Å². The van der Waals surface area contributed by atoms with Gasteiger partial charge in [0, 0.05) is 38.4 Å². The van der Waals surface area contributed by atoms with Crippen LogP contribution in [0.25, 0.3) is 6.08 Å². The van der Waals surface area contributed by atoms with Crippen molar-refractivity contribution in [1.29, 1.82) is 0 Å². The molecule has 0 N–H and O–H groups in total. The number of ether oxygens (including phenoxy) is 1. The van der Waals surface area contributed by atoms with Gasteiger partial charge in [0.2, 0.25) is 0 Å². The molecule has 5 heteroatoms. The highest BCUT2D eigenvalue weighted by Crippen LogP contribution is 2.17. The highest BCUT2D eigenvalue weighted by Gasteiger charge is 2.10. The van der Waals surface area contributed by atoms with E-state index in [1.54, 1.807) is 6.08 Å². The first-order valence-corrected chi connectivity index (χ1v) is 8.93. The molecule has 0 fully saturated rings. The van der Waals surface area contributed by atoms with Crippen LogP contribution in [0.5, 0.6) is 0 Å². The van der Waals surface area contributed by atoms with Crippen molar-refractivity contribution < 1.29 is 9.53 Å². The van der Waals surface area contributed by atoms with Crippen LogP contribution in [0.1, 0.15) is 40.2 Å². The summed E-state index contributed by atoms with van der Waals surface area (Å²) >= 11 is 0.